The molecule has 1 amide bonds. The average Bonchev–Trinajstić information content (AvgIpc) is 2.83. The number of phenols is 1. The van der Waals surface area contributed by atoms with Crippen LogP contribution in [0.1, 0.15) is 84.4 Å². The van der Waals surface area contributed by atoms with Crippen LogP contribution in [0.15, 0.2) is 24.3 Å². The molecule has 0 saturated carbocycles. The van der Waals surface area contributed by atoms with Gasteiger partial charge in [0.15, 0.2) is 12.4 Å². The van der Waals surface area contributed by atoms with Crippen LogP contribution in [-0.2, 0) is 20.4 Å². The molecule has 0 heterocycles. The molecule has 0 aliphatic carbocycles. The van der Waals surface area contributed by atoms with Gasteiger partial charge in [-0.3, -0.25) is 4.79 Å². The first kappa shape index (κ1) is 30.3. The molecule has 0 bridgehead atoms. The maximum absolute atomic E-state index is 12.8. The second-order valence-electron chi connectivity index (χ2n) is 10.8. The van der Waals surface area contributed by atoms with E-state index in [9.17, 15) is 14.7 Å². The van der Waals surface area contributed by atoms with E-state index in [1.807, 2.05) is 13.0 Å². The van der Waals surface area contributed by atoms with Gasteiger partial charge in [-0.05, 0) is 49.1 Å². The van der Waals surface area contributed by atoms with E-state index in [-0.39, 0.29) is 39.5 Å². The van der Waals surface area contributed by atoms with Gasteiger partial charge in [0.1, 0.15) is 17.6 Å². The number of carbonyl (C=O) groups is 2. The van der Waals surface area contributed by atoms with Crippen LogP contribution in [0.2, 0.25) is 5.02 Å². The molecule has 0 spiro atoms. The van der Waals surface area contributed by atoms with Crippen LogP contribution in [0.3, 0.4) is 0 Å². The number of carboxylic acid groups (broad SMARTS) is 1. The fraction of sp³-hybridized carbons (Fsp3) is 0.517. The van der Waals surface area contributed by atoms with Crippen LogP contribution >= 0.6 is 11.6 Å². The summed E-state index contributed by atoms with van der Waals surface area (Å²) >= 11 is 6.18. The Morgan fingerprint density at radius 2 is 1.68 bits per heavy atom. The lowest BCUT2D eigenvalue weighted by atomic mass is 9.76. The lowest BCUT2D eigenvalue weighted by Gasteiger charge is -2.31. The highest BCUT2D eigenvalue weighted by atomic mass is 35.5. The number of amides is 1. The van der Waals surface area contributed by atoms with E-state index in [4.69, 9.17) is 26.2 Å². The summed E-state index contributed by atoms with van der Waals surface area (Å²) in [5.41, 5.74) is 2.67. The van der Waals surface area contributed by atoms with E-state index in [2.05, 4.69) is 59.0 Å². The molecular formula is C29H40ClNO6. The number of rotatable bonds is 12. The monoisotopic (exact) mass is 533 g/mol. The van der Waals surface area contributed by atoms with E-state index in [0.717, 1.165) is 24.2 Å². The number of hydrogen-bond acceptors (Lipinski definition) is 5. The third-order valence-corrected chi connectivity index (χ3v) is 7.58. The van der Waals surface area contributed by atoms with Gasteiger partial charge in [-0.1, -0.05) is 65.3 Å². The van der Waals surface area contributed by atoms with Gasteiger partial charge in [-0.15, -0.1) is 0 Å². The number of hydrogen-bond donors (Lipinski definition) is 3. The molecule has 204 valence electrons. The van der Waals surface area contributed by atoms with Crippen molar-refractivity contribution in [3.05, 3.63) is 46.0 Å². The molecule has 0 saturated heterocycles. The normalized spacial score (nSPS) is 12.7. The summed E-state index contributed by atoms with van der Waals surface area (Å²) in [6.07, 6.45) is 1.50. The highest BCUT2D eigenvalue weighted by molar-refractivity contribution is 6.33. The Hall–Kier alpha value is -2.93. The summed E-state index contributed by atoms with van der Waals surface area (Å²) in [5.74, 6) is -0.964. The van der Waals surface area contributed by atoms with Gasteiger partial charge >= 0.3 is 5.97 Å². The first-order chi connectivity index (χ1) is 17.1. The fourth-order valence-corrected chi connectivity index (χ4v) is 3.99. The van der Waals surface area contributed by atoms with Crippen molar-refractivity contribution in [3.8, 4) is 17.2 Å². The number of aliphatic carboxylic acids is 1. The van der Waals surface area contributed by atoms with Gasteiger partial charge < -0.3 is 25.0 Å². The zero-order chi connectivity index (χ0) is 28.1. The molecule has 0 aromatic heterocycles. The van der Waals surface area contributed by atoms with Crippen LogP contribution in [0.4, 0.5) is 5.69 Å². The predicted molar refractivity (Wildman–Crippen MR) is 147 cm³/mol. The predicted octanol–water partition coefficient (Wildman–Crippen LogP) is 6.99. The summed E-state index contributed by atoms with van der Waals surface area (Å²) in [6.45, 7) is 16.0. The topological polar surface area (TPSA) is 105 Å². The van der Waals surface area contributed by atoms with Crippen LogP contribution < -0.4 is 14.8 Å². The molecule has 8 heteroatoms. The van der Waals surface area contributed by atoms with Crippen molar-refractivity contribution in [1.29, 1.82) is 0 Å². The van der Waals surface area contributed by atoms with E-state index in [1.165, 1.54) is 11.6 Å². The number of ether oxygens (including phenoxy) is 2. The number of halogens is 1. The van der Waals surface area contributed by atoms with E-state index in [0.29, 0.717) is 5.56 Å². The minimum Gasteiger partial charge on any atom is -0.504 e. The standard InChI is InChI=1S/C29H40ClNO6/c1-9-28(5,6)19-11-12-22(20(14-19)29(7,8)10-2)37-17(3)13-24(32)31-21-15-23(36-16-25(33)34)18(4)26(30)27(21)35/h11-12,14-15,17,35H,9-10,13,16H2,1-8H3,(H,31,32)(H,33,34). The number of nitrogens with one attached hydrogen (secondary N) is 1. The molecule has 2 rings (SSSR count). The number of anilines is 1. The molecule has 2 aromatic carbocycles. The van der Waals surface area contributed by atoms with Crippen molar-refractivity contribution in [2.45, 2.75) is 91.6 Å². The van der Waals surface area contributed by atoms with Gasteiger partial charge in [0.25, 0.3) is 0 Å². The van der Waals surface area contributed by atoms with E-state index < -0.39 is 24.6 Å². The molecule has 3 N–H and O–H groups in total. The zero-order valence-corrected chi connectivity index (χ0v) is 23.9. The maximum Gasteiger partial charge on any atom is 0.341 e. The summed E-state index contributed by atoms with van der Waals surface area (Å²) in [4.78, 5) is 23.7. The first-order valence-electron chi connectivity index (χ1n) is 12.6. The Morgan fingerprint density at radius 3 is 2.24 bits per heavy atom. The Bertz CT molecular complexity index is 1140. The highest BCUT2D eigenvalue weighted by Crippen LogP contribution is 2.41. The average molecular weight is 534 g/mol. The zero-order valence-electron chi connectivity index (χ0n) is 23.1. The first-order valence-corrected chi connectivity index (χ1v) is 13.0. The van der Waals surface area contributed by atoms with Crippen molar-refractivity contribution < 1.29 is 29.3 Å². The third kappa shape index (κ3) is 7.54. The highest BCUT2D eigenvalue weighted by Gasteiger charge is 2.27. The molecule has 0 fully saturated rings. The number of carboxylic acids is 1. The summed E-state index contributed by atoms with van der Waals surface area (Å²) in [6, 6.07) is 7.66. The summed E-state index contributed by atoms with van der Waals surface area (Å²) < 4.78 is 11.5. The maximum atomic E-state index is 12.8. The van der Waals surface area contributed by atoms with Crippen LogP contribution in [0.5, 0.6) is 17.2 Å². The fourth-order valence-electron chi connectivity index (χ4n) is 3.79. The van der Waals surface area contributed by atoms with E-state index >= 15 is 0 Å². The van der Waals surface area contributed by atoms with Gasteiger partial charge in [0.05, 0.1) is 17.1 Å². The van der Waals surface area contributed by atoms with Gasteiger partial charge in [0.2, 0.25) is 5.91 Å². The van der Waals surface area contributed by atoms with Crippen molar-refractivity contribution in [1.82, 2.24) is 0 Å². The number of carbonyl (C=O) groups excluding carboxylic acids is 1. The number of benzene rings is 2. The quantitative estimate of drug-likeness (QED) is 0.254. The van der Waals surface area contributed by atoms with Crippen molar-refractivity contribution in [2.75, 3.05) is 11.9 Å². The van der Waals surface area contributed by atoms with Gasteiger partial charge in [-0.25, -0.2) is 4.79 Å². The minimum absolute atomic E-state index is 0.0183. The van der Waals surface area contributed by atoms with Crippen LogP contribution in [0, 0.1) is 6.92 Å². The lowest BCUT2D eigenvalue weighted by molar-refractivity contribution is -0.139. The van der Waals surface area contributed by atoms with Crippen molar-refractivity contribution in [3.63, 3.8) is 0 Å². The number of phenolic OH excluding ortho intramolecular Hbond substituents is 1. The largest absolute Gasteiger partial charge is 0.504 e. The second-order valence-corrected chi connectivity index (χ2v) is 11.1. The Balaban J connectivity index is 2.23. The minimum atomic E-state index is -1.16. The third-order valence-electron chi connectivity index (χ3n) is 7.12. The Labute approximate surface area is 225 Å². The van der Waals surface area contributed by atoms with Crippen molar-refractivity contribution >= 4 is 29.2 Å². The SMILES string of the molecule is CCC(C)(C)c1ccc(OC(C)CC(=O)Nc2cc(OCC(=O)O)c(C)c(Cl)c2O)c(C(C)(C)CC)c1. The molecule has 37 heavy (non-hydrogen) atoms. The molecule has 2 aromatic rings. The second kappa shape index (κ2) is 12.1. The summed E-state index contributed by atoms with van der Waals surface area (Å²) in [7, 11) is 0. The molecule has 0 aliphatic rings. The Morgan fingerprint density at radius 1 is 1.05 bits per heavy atom. The lowest BCUT2D eigenvalue weighted by Crippen LogP contribution is -2.25. The molecular weight excluding hydrogens is 494 g/mol. The summed E-state index contributed by atoms with van der Waals surface area (Å²) in [5, 5.41) is 21.9. The van der Waals surface area contributed by atoms with E-state index in [1.54, 1.807) is 6.92 Å². The number of aromatic hydroxyl groups is 1. The molecule has 7 nitrogen and oxygen atoms in total. The van der Waals surface area contributed by atoms with Gasteiger partial charge in [-0.2, -0.15) is 0 Å². The molecule has 1 atom stereocenters. The molecule has 0 aliphatic heterocycles. The van der Waals surface area contributed by atoms with Gasteiger partial charge in [0, 0.05) is 17.2 Å². The van der Waals surface area contributed by atoms with Crippen LogP contribution in [0.25, 0.3) is 0 Å². The molecule has 1 unspecified atom stereocenters. The molecule has 0 radical (unpaired) electrons. The smallest absolute Gasteiger partial charge is 0.341 e. The van der Waals surface area contributed by atoms with Crippen LogP contribution in [-0.4, -0.2) is 34.8 Å². The Kier molecular flexibility index (Phi) is 9.89. The van der Waals surface area contributed by atoms with Crippen molar-refractivity contribution in [2.24, 2.45) is 0 Å².